The Hall–Kier alpha value is -4.55. The van der Waals surface area contributed by atoms with Crippen LogP contribution in [0.2, 0.25) is 0 Å². The zero-order chi connectivity index (χ0) is 29.6. The Kier molecular flexibility index (Phi) is 8.94. The Bertz CT molecular complexity index is 1660. The van der Waals surface area contributed by atoms with Crippen LogP contribution in [0.3, 0.4) is 0 Å². The summed E-state index contributed by atoms with van der Waals surface area (Å²) in [5, 5.41) is 21.2. The fourth-order valence-corrected chi connectivity index (χ4v) is 4.43. The SMILES string of the molecule is CC(C)OCCCc1nn2ccccc2c1N=C1N=C(Nc2c(OCCOC(C)C)nn3ccccc23)C(=N)C=C1N. The lowest BCUT2D eigenvalue weighted by atomic mass is 10.2. The Balaban J connectivity index is 1.46. The molecule has 42 heavy (non-hydrogen) atoms. The number of hydrogen-bond acceptors (Lipinski definition) is 9. The van der Waals surface area contributed by atoms with Crippen molar-refractivity contribution < 1.29 is 14.2 Å². The molecule has 5 rings (SSSR count). The van der Waals surface area contributed by atoms with Crippen LogP contribution in [0, 0.1) is 5.41 Å². The second-order valence-corrected chi connectivity index (χ2v) is 10.4. The number of amidine groups is 2. The molecule has 4 aromatic heterocycles. The lowest BCUT2D eigenvalue weighted by molar-refractivity contribution is 0.0543. The highest BCUT2D eigenvalue weighted by atomic mass is 16.5. The predicted octanol–water partition coefficient (Wildman–Crippen LogP) is 4.56. The van der Waals surface area contributed by atoms with Crippen molar-refractivity contribution >= 4 is 39.8 Å². The zero-order valence-electron chi connectivity index (χ0n) is 24.4. The lowest BCUT2D eigenvalue weighted by Gasteiger charge is -2.15. The average molecular weight is 572 g/mol. The summed E-state index contributed by atoms with van der Waals surface area (Å²) in [5.41, 5.74) is 10.4. The molecule has 4 aromatic rings. The van der Waals surface area contributed by atoms with Crippen LogP contribution < -0.4 is 15.8 Å². The fraction of sp³-hybridized carbons (Fsp3) is 0.367. The first-order valence-corrected chi connectivity index (χ1v) is 14.1. The van der Waals surface area contributed by atoms with Crippen molar-refractivity contribution in [2.45, 2.75) is 52.7 Å². The number of dihydropyridines is 1. The van der Waals surface area contributed by atoms with Gasteiger partial charge in [0.2, 0.25) is 0 Å². The van der Waals surface area contributed by atoms with Gasteiger partial charge in [-0.1, -0.05) is 12.1 Å². The van der Waals surface area contributed by atoms with Gasteiger partial charge in [0, 0.05) is 19.0 Å². The molecular weight excluding hydrogens is 534 g/mol. The molecule has 220 valence electrons. The number of nitrogens with one attached hydrogen (secondary N) is 2. The lowest BCUT2D eigenvalue weighted by Crippen LogP contribution is -2.29. The van der Waals surface area contributed by atoms with E-state index in [2.05, 4.69) is 15.4 Å². The summed E-state index contributed by atoms with van der Waals surface area (Å²) in [6.45, 7) is 9.35. The quantitative estimate of drug-likeness (QED) is 0.211. The van der Waals surface area contributed by atoms with Gasteiger partial charge in [0.15, 0.2) is 11.7 Å². The molecule has 0 bridgehead atoms. The van der Waals surface area contributed by atoms with Crippen LogP contribution in [0.4, 0.5) is 11.4 Å². The Morgan fingerprint density at radius 2 is 1.62 bits per heavy atom. The number of fused-ring (bicyclic) bond motifs is 2. The molecule has 0 aromatic carbocycles. The maximum atomic E-state index is 8.61. The Morgan fingerprint density at radius 3 is 2.36 bits per heavy atom. The monoisotopic (exact) mass is 571 g/mol. The molecule has 4 N–H and O–H groups in total. The van der Waals surface area contributed by atoms with Gasteiger partial charge in [-0.05, 0) is 70.9 Å². The van der Waals surface area contributed by atoms with E-state index in [1.807, 2.05) is 76.5 Å². The number of aryl methyl sites for hydroxylation is 1. The largest absolute Gasteiger partial charge is 0.473 e. The Morgan fingerprint density at radius 1 is 0.929 bits per heavy atom. The first-order chi connectivity index (χ1) is 20.3. The first-order valence-electron chi connectivity index (χ1n) is 14.1. The van der Waals surface area contributed by atoms with E-state index in [9.17, 15) is 0 Å². The number of hydrogen-bond donors (Lipinski definition) is 3. The highest BCUT2D eigenvalue weighted by molar-refractivity contribution is 6.52. The van der Waals surface area contributed by atoms with Crippen molar-refractivity contribution in [2.75, 3.05) is 25.1 Å². The molecule has 0 amide bonds. The molecule has 12 heteroatoms. The number of rotatable bonds is 12. The second kappa shape index (κ2) is 13.0. The van der Waals surface area contributed by atoms with Gasteiger partial charge in [0.25, 0.3) is 5.88 Å². The minimum atomic E-state index is 0.0984. The maximum Gasteiger partial charge on any atom is 0.258 e. The highest BCUT2D eigenvalue weighted by Gasteiger charge is 2.22. The Labute approximate surface area is 244 Å². The maximum absolute atomic E-state index is 8.61. The van der Waals surface area contributed by atoms with Crippen LogP contribution in [0.15, 0.2) is 70.5 Å². The van der Waals surface area contributed by atoms with Gasteiger partial charge in [-0.2, -0.15) is 5.10 Å². The third-order valence-electron chi connectivity index (χ3n) is 6.37. The molecule has 0 saturated carbocycles. The summed E-state index contributed by atoms with van der Waals surface area (Å²) < 4.78 is 20.8. The summed E-state index contributed by atoms with van der Waals surface area (Å²) >= 11 is 0. The van der Waals surface area contributed by atoms with E-state index in [1.165, 1.54) is 0 Å². The van der Waals surface area contributed by atoms with Crippen molar-refractivity contribution in [1.82, 2.24) is 19.2 Å². The van der Waals surface area contributed by atoms with Crippen molar-refractivity contribution in [3.63, 3.8) is 0 Å². The number of nitrogens with two attached hydrogens (primary N) is 1. The molecule has 12 nitrogen and oxygen atoms in total. The van der Waals surface area contributed by atoms with E-state index in [1.54, 1.807) is 15.1 Å². The predicted molar refractivity (Wildman–Crippen MR) is 165 cm³/mol. The molecule has 1 aliphatic heterocycles. The standard InChI is InChI=1S/C30H37N9O3/c1-19(2)40-15-9-10-23-26(24-11-5-7-13-38(24)36-23)33-28-21(31)18-22(32)29(35-28)34-27-25-12-6-8-14-39(25)37-30(27)42-17-16-41-20(3)4/h5-8,11-14,18-20,32H,9-10,15-17,31H2,1-4H3,(H,33,34,35). The van der Waals surface area contributed by atoms with Gasteiger partial charge in [-0.15, -0.1) is 5.10 Å². The van der Waals surface area contributed by atoms with Gasteiger partial charge >= 0.3 is 0 Å². The van der Waals surface area contributed by atoms with Gasteiger partial charge in [0.1, 0.15) is 18.0 Å². The van der Waals surface area contributed by atoms with Crippen molar-refractivity contribution in [3.8, 4) is 5.88 Å². The van der Waals surface area contributed by atoms with Gasteiger partial charge in [0.05, 0.1) is 47.0 Å². The van der Waals surface area contributed by atoms with Gasteiger partial charge in [-0.25, -0.2) is 19.0 Å². The fourth-order valence-electron chi connectivity index (χ4n) is 4.43. The van der Waals surface area contributed by atoms with Crippen molar-refractivity contribution in [3.05, 3.63) is 66.3 Å². The van der Waals surface area contributed by atoms with Crippen LogP contribution >= 0.6 is 0 Å². The van der Waals surface area contributed by atoms with Crippen molar-refractivity contribution in [1.29, 1.82) is 5.41 Å². The molecule has 1 aliphatic rings. The van der Waals surface area contributed by atoms with Crippen LogP contribution in [0.5, 0.6) is 5.88 Å². The van der Waals surface area contributed by atoms with Gasteiger partial charge < -0.3 is 25.3 Å². The van der Waals surface area contributed by atoms with E-state index < -0.39 is 0 Å². The van der Waals surface area contributed by atoms with Crippen LogP contribution in [-0.4, -0.2) is 68.6 Å². The minimum Gasteiger partial charge on any atom is -0.473 e. The molecule has 0 spiro atoms. The van der Waals surface area contributed by atoms with Crippen molar-refractivity contribution in [2.24, 2.45) is 15.7 Å². The smallest absolute Gasteiger partial charge is 0.258 e. The summed E-state index contributed by atoms with van der Waals surface area (Å²) in [5.74, 6) is 0.933. The third-order valence-corrected chi connectivity index (χ3v) is 6.37. The molecule has 0 saturated heterocycles. The third kappa shape index (κ3) is 6.67. The number of aliphatic imine (C=N–C) groups is 2. The van der Waals surface area contributed by atoms with E-state index in [0.29, 0.717) is 43.5 Å². The molecular formula is C30H37N9O3. The number of nitrogens with zero attached hydrogens (tertiary/aromatic N) is 6. The first kappa shape index (κ1) is 29.0. The number of pyridine rings is 2. The summed E-state index contributed by atoms with van der Waals surface area (Å²) in [6.07, 6.45) is 7.00. The summed E-state index contributed by atoms with van der Waals surface area (Å²) in [4.78, 5) is 9.57. The van der Waals surface area contributed by atoms with Crippen LogP contribution in [0.25, 0.3) is 11.0 Å². The normalized spacial score (nSPS) is 14.8. The molecule has 0 unspecified atom stereocenters. The second-order valence-electron chi connectivity index (χ2n) is 10.4. The highest BCUT2D eigenvalue weighted by Crippen LogP contribution is 2.30. The van der Waals surface area contributed by atoms with E-state index in [0.717, 1.165) is 23.1 Å². The molecule has 0 aliphatic carbocycles. The zero-order valence-corrected chi connectivity index (χ0v) is 24.4. The molecule has 5 heterocycles. The summed E-state index contributed by atoms with van der Waals surface area (Å²) in [6, 6.07) is 11.5. The van der Waals surface area contributed by atoms with Crippen LogP contribution in [0.1, 0.15) is 39.8 Å². The topological polar surface area (TPSA) is 149 Å². The minimum absolute atomic E-state index is 0.0984. The number of aromatic nitrogens is 4. The average Bonchev–Trinajstić information content (AvgIpc) is 3.49. The molecule has 0 radical (unpaired) electrons. The number of anilines is 1. The van der Waals surface area contributed by atoms with E-state index in [-0.39, 0.29) is 35.3 Å². The van der Waals surface area contributed by atoms with E-state index >= 15 is 0 Å². The molecule has 0 fully saturated rings. The van der Waals surface area contributed by atoms with Crippen LogP contribution in [-0.2, 0) is 15.9 Å². The van der Waals surface area contributed by atoms with Gasteiger partial charge in [-0.3, -0.25) is 5.41 Å². The molecule has 0 atom stereocenters. The summed E-state index contributed by atoms with van der Waals surface area (Å²) in [7, 11) is 0. The van der Waals surface area contributed by atoms with E-state index in [4.69, 9.17) is 35.4 Å². The number of ether oxygens (including phenoxy) is 3.